The summed E-state index contributed by atoms with van der Waals surface area (Å²) in [4.78, 5) is 7.60. The van der Waals surface area contributed by atoms with Crippen LogP contribution in [0, 0.1) is 0 Å². The molecule has 0 unspecified atom stereocenters. The number of thiophene rings is 1. The molecule has 92 valence electrons. The second kappa shape index (κ2) is 6.07. The number of anilines is 1. The smallest absolute Gasteiger partial charge is 0.152 e. The van der Waals surface area contributed by atoms with Crippen molar-refractivity contribution in [3.05, 3.63) is 33.5 Å². The molecule has 0 bridgehead atoms. The Morgan fingerprint density at radius 3 is 3.12 bits per heavy atom. The zero-order chi connectivity index (χ0) is 12.1. The van der Waals surface area contributed by atoms with Crippen LogP contribution in [0.3, 0.4) is 0 Å². The summed E-state index contributed by atoms with van der Waals surface area (Å²) in [6.45, 7) is 2.86. The Balaban J connectivity index is 1.93. The summed E-state index contributed by atoms with van der Waals surface area (Å²) < 4.78 is 0. The molecule has 0 radical (unpaired) electrons. The van der Waals surface area contributed by atoms with Crippen LogP contribution in [0.5, 0.6) is 0 Å². The molecule has 3 nitrogen and oxygen atoms in total. The number of H-pyrrole nitrogens is 1. The summed E-state index contributed by atoms with van der Waals surface area (Å²) in [5.74, 6) is 0.985. The van der Waals surface area contributed by atoms with Gasteiger partial charge in [0.15, 0.2) is 5.15 Å². The molecule has 0 fully saturated rings. The summed E-state index contributed by atoms with van der Waals surface area (Å²) in [7, 11) is 0. The predicted molar refractivity (Wildman–Crippen MR) is 73.9 cm³/mol. The van der Waals surface area contributed by atoms with E-state index >= 15 is 0 Å². The van der Waals surface area contributed by atoms with Crippen molar-refractivity contribution < 1.29 is 0 Å². The topological polar surface area (TPSA) is 40.7 Å². The lowest BCUT2D eigenvalue weighted by Gasteiger charge is -2.01. The number of hydrogen-bond acceptors (Lipinski definition) is 3. The van der Waals surface area contributed by atoms with Gasteiger partial charge in [-0.3, -0.25) is 0 Å². The van der Waals surface area contributed by atoms with E-state index in [0.29, 0.717) is 11.7 Å². The van der Waals surface area contributed by atoms with Crippen LogP contribution in [0.15, 0.2) is 16.8 Å². The van der Waals surface area contributed by atoms with Crippen LogP contribution < -0.4 is 5.32 Å². The van der Waals surface area contributed by atoms with Crippen LogP contribution in [0.4, 0.5) is 5.69 Å². The molecule has 2 aromatic heterocycles. The van der Waals surface area contributed by atoms with Crippen LogP contribution in [-0.2, 0) is 13.0 Å². The highest BCUT2D eigenvalue weighted by molar-refractivity contribution is 7.08. The summed E-state index contributed by atoms with van der Waals surface area (Å²) in [5.41, 5.74) is 2.08. The van der Waals surface area contributed by atoms with E-state index in [0.717, 1.165) is 30.0 Å². The van der Waals surface area contributed by atoms with Crippen molar-refractivity contribution in [1.29, 1.82) is 0 Å². The van der Waals surface area contributed by atoms with Gasteiger partial charge in [-0.25, -0.2) is 4.98 Å². The molecule has 0 aliphatic carbocycles. The lowest BCUT2D eigenvalue weighted by Crippen LogP contribution is -1.99. The second-order valence-electron chi connectivity index (χ2n) is 3.92. The number of halogens is 1. The molecule has 0 aromatic carbocycles. The predicted octanol–water partition coefficient (Wildman–Crippen LogP) is 4.08. The second-order valence-corrected chi connectivity index (χ2v) is 5.06. The largest absolute Gasteiger partial charge is 0.379 e. The van der Waals surface area contributed by atoms with Gasteiger partial charge in [-0.05, 0) is 17.9 Å². The first-order valence-electron chi connectivity index (χ1n) is 5.79. The average molecular weight is 270 g/mol. The van der Waals surface area contributed by atoms with Gasteiger partial charge < -0.3 is 10.3 Å². The first kappa shape index (κ1) is 12.5. The molecule has 0 atom stereocenters. The number of nitrogens with zero attached hydrogens (tertiary/aromatic N) is 1. The van der Waals surface area contributed by atoms with Crippen LogP contribution in [0.2, 0.25) is 5.15 Å². The van der Waals surface area contributed by atoms with Gasteiger partial charge in [0.25, 0.3) is 0 Å². The molecule has 2 rings (SSSR count). The molecule has 0 saturated carbocycles. The standard InChI is InChI=1S/C12H16ClN3S/c1-2-3-4-11-15-10(12(13)16-11)7-14-9-5-6-17-8-9/h5-6,8,14H,2-4,7H2,1H3,(H,15,16). The van der Waals surface area contributed by atoms with Crippen LogP contribution in [0.1, 0.15) is 31.3 Å². The Morgan fingerprint density at radius 2 is 2.41 bits per heavy atom. The number of hydrogen-bond donors (Lipinski definition) is 2. The van der Waals surface area contributed by atoms with Crippen molar-refractivity contribution in [2.24, 2.45) is 0 Å². The fraction of sp³-hybridized carbons (Fsp3) is 0.417. The lowest BCUT2D eigenvalue weighted by molar-refractivity contribution is 0.760. The van der Waals surface area contributed by atoms with Gasteiger partial charge >= 0.3 is 0 Å². The van der Waals surface area contributed by atoms with Crippen molar-refractivity contribution in [1.82, 2.24) is 9.97 Å². The molecule has 17 heavy (non-hydrogen) atoms. The van der Waals surface area contributed by atoms with E-state index in [9.17, 15) is 0 Å². The zero-order valence-corrected chi connectivity index (χ0v) is 11.4. The number of rotatable bonds is 6. The third kappa shape index (κ3) is 3.48. The van der Waals surface area contributed by atoms with E-state index < -0.39 is 0 Å². The van der Waals surface area contributed by atoms with E-state index in [1.807, 2.05) is 11.4 Å². The van der Waals surface area contributed by atoms with Crippen molar-refractivity contribution in [2.75, 3.05) is 5.32 Å². The fourth-order valence-corrected chi connectivity index (χ4v) is 2.40. The summed E-state index contributed by atoms with van der Waals surface area (Å²) in [5, 5.41) is 8.01. The number of aryl methyl sites for hydroxylation is 1. The van der Waals surface area contributed by atoms with Crippen molar-refractivity contribution in [3.63, 3.8) is 0 Å². The van der Waals surface area contributed by atoms with Gasteiger partial charge in [-0.2, -0.15) is 11.3 Å². The van der Waals surface area contributed by atoms with E-state index in [-0.39, 0.29) is 0 Å². The highest BCUT2D eigenvalue weighted by Gasteiger charge is 2.07. The Labute approximate surface area is 110 Å². The Hall–Kier alpha value is -1.00. The molecule has 2 N–H and O–H groups in total. The molecule has 0 aliphatic rings. The highest BCUT2D eigenvalue weighted by atomic mass is 35.5. The number of unbranched alkanes of at least 4 members (excludes halogenated alkanes) is 1. The maximum absolute atomic E-state index is 6.08. The molecular formula is C12H16ClN3S. The Morgan fingerprint density at radius 1 is 1.53 bits per heavy atom. The van der Waals surface area contributed by atoms with Crippen LogP contribution in [0.25, 0.3) is 0 Å². The number of imidazole rings is 1. The molecule has 0 amide bonds. The normalized spacial score (nSPS) is 10.7. The minimum Gasteiger partial charge on any atom is -0.379 e. The van der Waals surface area contributed by atoms with Gasteiger partial charge in [0.2, 0.25) is 0 Å². The Kier molecular flexibility index (Phi) is 4.45. The van der Waals surface area contributed by atoms with E-state index in [4.69, 9.17) is 11.6 Å². The number of aromatic amines is 1. The monoisotopic (exact) mass is 269 g/mol. The quantitative estimate of drug-likeness (QED) is 0.830. The lowest BCUT2D eigenvalue weighted by atomic mass is 10.2. The van der Waals surface area contributed by atoms with Gasteiger partial charge in [0.05, 0.1) is 12.2 Å². The van der Waals surface area contributed by atoms with Crippen molar-refractivity contribution in [3.8, 4) is 0 Å². The van der Waals surface area contributed by atoms with Crippen LogP contribution in [-0.4, -0.2) is 9.97 Å². The first-order valence-corrected chi connectivity index (χ1v) is 7.11. The fourth-order valence-electron chi connectivity index (χ4n) is 1.57. The van der Waals surface area contributed by atoms with E-state index in [2.05, 4.69) is 27.6 Å². The third-order valence-electron chi connectivity index (χ3n) is 2.53. The van der Waals surface area contributed by atoms with Crippen molar-refractivity contribution in [2.45, 2.75) is 32.7 Å². The molecular weight excluding hydrogens is 254 g/mol. The van der Waals surface area contributed by atoms with E-state index in [1.165, 1.54) is 6.42 Å². The van der Waals surface area contributed by atoms with Gasteiger partial charge in [-0.1, -0.05) is 24.9 Å². The SMILES string of the molecule is CCCCc1nc(Cl)c(CNc2ccsc2)[nH]1. The third-order valence-corrected chi connectivity index (χ3v) is 3.53. The maximum atomic E-state index is 6.08. The molecule has 0 spiro atoms. The first-order chi connectivity index (χ1) is 8.29. The molecule has 0 saturated heterocycles. The van der Waals surface area contributed by atoms with Crippen molar-refractivity contribution >= 4 is 28.6 Å². The molecule has 2 heterocycles. The summed E-state index contributed by atoms with van der Waals surface area (Å²) in [6.07, 6.45) is 3.27. The van der Waals surface area contributed by atoms with E-state index in [1.54, 1.807) is 11.3 Å². The molecule has 5 heteroatoms. The zero-order valence-electron chi connectivity index (χ0n) is 9.79. The molecule has 2 aromatic rings. The minimum absolute atomic E-state index is 0.582. The highest BCUT2D eigenvalue weighted by Crippen LogP contribution is 2.17. The summed E-state index contributed by atoms with van der Waals surface area (Å²) in [6, 6.07) is 2.05. The summed E-state index contributed by atoms with van der Waals surface area (Å²) >= 11 is 7.76. The number of aromatic nitrogens is 2. The average Bonchev–Trinajstić information content (AvgIpc) is 2.93. The minimum atomic E-state index is 0.582. The van der Waals surface area contributed by atoms with Crippen LogP contribution >= 0.6 is 22.9 Å². The van der Waals surface area contributed by atoms with Gasteiger partial charge in [0.1, 0.15) is 5.82 Å². The van der Waals surface area contributed by atoms with Gasteiger partial charge in [-0.15, -0.1) is 0 Å². The maximum Gasteiger partial charge on any atom is 0.152 e. The Bertz CT molecular complexity index is 450. The molecule has 0 aliphatic heterocycles. The number of nitrogens with one attached hydrogen (secondary N) is 2. The van der Waals surface area contributed by atoms with Gasteiger partial charge in [0, 0.05) is 17.5 Å².